The van der Waals surface area contributed by atoms with E-state index in [1.165, 1.54) is 13.3 Å². The predicted molar refractivity (Wildman–Crippen MR) is 90.3 cm³/mol. The first-order valence-corrected chi connectivity index (χ1v) is 7.89. The molecule has 130 valence electrons. The van der Waals surface area contributed by atoms with Crippen molar-refractivity contribution in [2.45, 2.75) is 19.8 Å². The van der Waals surface area contributed by atoms with Gasteiger partial charge in [0.1, 0.15) is 11.5 Å². The van der Waals surface area contributed by atoms with Crippen LogP contribution in [0.3, 0.4) is 0 Å². The lowest BCUT2D eigenvalue weighted by atomic mass is 9.99. The highest BCUT2D eigenvalue weighted by atomic mass is 16.5. The van der Waals surface area contributed by atoms with E-state index in [2.05, 4.69) is 17.5 Å². The van der Waals surface area contributed by atoms with Crippen LogP contribution in [0, 0.1) is 5.92 Å². The Bertz CT molecular complexity index is 622. The van der Waals surface area contributed by atoms with E-state index in [-0.39, 0.29) is 0 Å². The normalized spacial score (nSPS) is 15.4. The lowest BCUT2D eigenvalue weighted by Crippen LogP contribution is -2.45. The quantitative estimate of drug-likeness (QED) is 0.513. The molecule has 0 saturated carbocycles. The smallest absolute Gasteiger partial charge is 0.329 e. The van der Waals surface area contributed by atoms with Gasteiger partial charge in [0.25, 0.3) is 0 Å². The fourth-order valence-electron chi connectivity index (χ4n) is 2.49. The van der Waals surface area contributed by atoms with Crippen molar-refractivity contribution in [3.63, 3.8) is 0 Å². The van der Waals surface area contributed by atoms with Gasteiger partial charge in [-0.2, -0.15) is 5.10 Å². The fourth-order valence-corrected chi connectivity index (χ4v) is 2.49. The van der Waals surface area contributed by atoms with Crippen LogP contribution >= 0.6 is 0 Å². The molecule has 1 fully saturated rings. The van der Waals surface area contributed by atoms with E-state index in [9.17, 15) is 9.59 Å². The first-order chi connectivity index (χ1) is 11.5. The summed E-state index contributed by atoms with van der Waals surface area (Å²) < 4.78 is 10.4. The number of hydrogen-bond acceptors (Lipinski definition) is 5. The highest BCUT2D eigenvalue weighted by Gasteiger charge is 2.25. The maximum atomic E-state index is 12.1. The predicted octanol–water partition coefficient (Wildman–Crippen LogP) is 1.41. The topological polar surface area (TPSA) is 80.2 Å². The molecule has 1 heterocycles. The Labute approximate surface area is 141 Å². The molecule has 1 aromatic rings. The highest BCUT2D eigenvalue weighted by Crippen LogP contribution is 2.23. The molecule has 1 aromatic carbocycles. The zero-order valence-corrected chi connectivity index (χ0v) is 14.2. The Morgan fingerprint density at radius 1 is 1.25 bits per heavy atom. The van der Waals surface area contributed by atoms with Crippen molar-refractivity contribution in [1.29, 1.82) is 0 Å². The zero-order valence-electron chi connectivity index (χ0n) is 14.2. The first kappa shape index (κ1) is 17.8. The molecule has 0 spiro atoms. The van der Waals surface area contributed by atoms with Gasteiger partial charge in [-0.05, 0) is 30.9 Å². The number of hydrogen-bond donors (Lipinski definition) is 1. The van der Waals surface area contributed by atoms with Gasteiger partial charge in [-0.3, -0.25) is 9.59 Å². The van der Waals surface area contributed by atoms with Gasteiger partial charge in [-0.25, -0.2) is 5.43 Å². The molecular formula is C17H23N3O4. The van der Waals surface area contributed by atoms with Crippen LogP contribution in [0.25, 0.3) is 0 Å². The van der Waals surface area contributed by atoms with E-state index < -0.39 is 11.8 Å². The Morgan fingerprint density at radius 2 is 1.96 bits per heavy atom. The summed E-state index contributed by atoms with van der Waals surface area (Å²) in [6, 6.07) is 5.22. The van der Waals surface area contributed by atoms with Crippen molar-refractivity contribution >= 4 is 18.0 Å². The number of amides is 2. The maximum Gasteiger partial charge on any atom is 0.329 e. The SMILES string of the molecule is COc1ccc(/C=N/NC(=O)C(=O)N2CCC(C)CC2)c(OC)c1. The second-order valence-electron chi connectivity index (χ2n) is 5.78. The summed E-state index contributed by atoms with van der Waals surface area (Å²) in [5, 5.41) is 3.84. The van der Waals surface area contributed by atoms with E-state index in [0.717, 1.165) is 12.8 Å². The van der Waals surface area contributed by atoms with Crippen LogP contribution in [0.1, 0.15) is 25.3 Å². The number of benzene rings is 1. The minimum Gasteiger partial charge on any atom is -0.497 e. The third-order valence-corrected chi connectivity index (χ3v) is 4.08. The number of nitrogens with one attached hydrogen (secondary N) is 1. The van der Waals surface area contributed by atoms with Gasteiger partial charge >= 0.3 is 11.8 Å². The molecule has 1 aliphatic heterocycles. The molecule has 7 nitrogen and oxygen atoms in total. The molecule has 1 N–H and O–H groups in total. The molecule has 0 atom stereocenters. The molecule has 0 aromatic heterocycles. The molecule has 2 amide bonds. The van der Waals surface area contributed by atoms with Crippen LogP contribution in [-0.2, 0) is 9.59 Å². The number of carbonyl (C=O) groups excluding carboxylic acids is 2. The Kier molecular flexibility index (Phi) is 6.17. The summed E-state index contributed by atoms with van der Waals surface area (Å²) in [5.41, 5.74) is 2.94. The van der Waals surface area contributed by atoms with E-state index in [4.69, 9.17) is 9.47 Å². The number of carbonyl (C=O) groups is 2. The fraction of sp³-hybridized carbons (Fsp3) is 0.471. The lowest BCUT2D eigenvalue weighted by molar-refractivity contribution is -0.146. The van der Waals surface area contributed by atoms with Gasteiger partial charge in [-0.1, -0.05) is 6.92 Å². The average molecular weight is 333 g/mol. The second-order valence-corrected chi connectivity index (χ2v) is 5.78. The zero-order chi connectivity index (χ0) is 17.5. The average Bonchev–Trinajstić information content (AvgIpc) is 2.61. The minimum absolute atomic E-state index is 0.541. The van der Waals surface area contributed by atoms with Crippen molar-refractivity contribution < 1.29 is 19.1 Å². The van der Waals surface area contributed by atoms with Crippen LogP contribution in [0.15, 0.2) is 23.3 Å². The van der Waals surface area contributed by atoms with E-state index in [0.29, 0.717) is 36.1 Å². The molecule has 2 rings (SSSR count). The second kappa shape index (κ2) is 8.33. The van der Waals surface area contributed by atoms with Crippen LogP contribution in [0.4, 0.5) is 0 Å². The summed E-state index contributed by atoms with van der Waals surface area (Å²) in [5.74, 6) is 0.540. The first-order valence-electron chi connectivity index (χ1n) is 7.89. The van der Waals surface area contributed by atoms with Gasteiger partial charge in [0.05, 0.1) is 20.4 Å². The van der Waals surface area contributed by atoms with Crippen LogP contribution < -0.4 is 14.9 Å². The van der Waals surface area contributed by atoms with Gasteiger partial charge in [0, 0.05) is 24.7 Å². The molecule has 1 aliphatic rings. The molecule has 7 heteroatoms. The number of likely N-dealkylation sites (tertiary alicyclic amines) is 1. The van der Waals surface area contributed by atoms with Crippen molar-refractivity contribution in [3.05, 3.63) is 23.8 Å². The third kappa shape index (κ3) is 4.47. The number of methoxy groups -OCH3 is 2. The molecule has 24 heavy (non-hydrogen) atoms. The van der Waals surface area contributed by atoms with Crippen LogP contribution in [-0.4, -0.2) is 50.2 Å². The van der Waals surface area contributed by atoms with Crippen LogP contribution in [0.2, 0.25) is 0 Å². The number of piperidine rings is 1. The van der Waals surface area contributed by atoms with Gasteiger partial charge in [0.15, 0.2) is 0 Å². The van der Waals surface area contributed by atoms with Gasteiger partial charge < -0.3 is 14.4 Å². The summed E-state index contributed by atoms with van der Waals surface area (Å²) in [6.07, 6.45) is 3.28. The van der Waals surface area contributed by atoms with Gasteiger partial charge in [-0.15, -0.1) is 0 Å². The largest absolute Gasteiger partial charge is 0.497 e. The van der Waals surface area contributed by atoms with Crippen molar-refractivity contribution in [2.75, 3.05) is 27.3 Å². The number of ether oxygens (including phenoxy) is 2. The van der Waals surface area contributed by atoms with E-state index in [1.807, 2.05) is 0 Å². The Morgan fingerprint density at radius 3 is 2.58 bits per heavy atom. The monoisotopic (exact) mass is 333 g/mol. The summed E-state index contributed by atoms with van der Waals surface area (Å²) in [6.45, 7) is 3.38. The Balaban J connectivity index is 1.93. The third-order valence-electron chi connectivity index (χ3n) is 4.08. The summed E-state index contributed by atoms with van der Waals surface area (Å²) in [7, 11) is 3.10. The molecule has 0 bridgehead atoms. The molecular weight excluding hydrogens is 310 g/mol. The molecule has 1 saturated heterocycles. The van der Waals surface area contributed by atoms with Crippen molar-refractivity contribution in [1.82, 2.24) is 10.3 Å². The molecule has 0 unspecified atom stereocenters. The van der Waals surface area contributed by atoms with Crippen molar-refractivity contribution in [3.8, 4) is 11.5 Å². The van der Waals surface area contributed by atoms with Crippen LogP contribution in [0.5, 0.6) is 11.5 Å². The molecule has 0 radical (unpaired) electrons. The summed E-state index contributed by atoms with van der Waals surface area (Å²) in [4.78, 5) is 25.5. The van der Waals surface area contributed by atoms with Gasteiger partial charge in [0.2, 0.25) is 0 Å². The lowest BCUT2D eigenvalue weighted by Gasteiger charge is -2.29. The minimum atomic E-state index is -0.728. The van der Waals surface area contributed by atoms with Crippen molar-refractivity contribution in [2.24, 2.45) is 11.0 Å². The standard InChI is InChI=1S/C17H23N3O4/c1-12-6-8-20(9-7-12)17(22)16(21)19-18-11-13-4-5-14(23-2)10-15(13)24-3/h4-5,10-12H,6-9H2,1-3H3,(H,19,21)/b18-11+. The van der Waals surface area contributed by atoms with E-state index in [1.54, 1.807) is 30.2 Å². The number of hydrazone groups is 1. The summed E-state index contributed by atoms with van der Waals surface area (Å²) >= 11 is 0. The number of nitrogens with zero attached hydrogens (tertiary/aromatic N) is 2. The molecule has 0 aliphatic carbocycles. The highest BCUT2D eigenvalue weighted by molar-refractivity contribution is 6.35. The Hall–Kier alpha value is -2.57. The van der Waals surface area contributed by atoms with E-state index >= 15 is 0 Å². The maximum absolute atomic E-state index is 12.1. The number of rotatable bonds is 4.